The van der Waals surface area contributed by atoms with Crippen molar-refractivity contribution in [2.45, 2.75) is 12.8 Å². The number of rotatable bonds is 5. The van der Waals surface area contributed by atoms with Crippen LogP contribution in [0.15, 0.2) is 28.9 Å². The predicted molar refractivity (Wildman–Crippen MR) is 79.9 cm³/mol. The smallest absolute Gasteiger partial charge is 0.246 e. The number of amides is 1. The molecule has 21 heavy (non-hydrogen) atoms. The van der Waals surface area contributed by atoms with Crippen LogP contribution >= 0.6 is 0 Å². The summed E-state index contributed by atoms with van der Waals surface area (Å²) in [7, 11) is -3.14. The van der Waals surface area contributed by atoms with E-state index < -0.39 is 10.0 Å². The molecule has 0 aliphatic carbocycles. The molecule has 1 aliphatic heterocycles. The van der Waals surface area contributed by atoms with E-state index >= 15 is 0 Å². The van der Waals surface area contributed by atoms with Gasteiger partial charge in [-0.25, -0.2) is 13.1 Å². The molecule has 1 aromatic rings. The Balaban J connectivity index is 1.77. The van der Waals surface area contributed by atoms with Crippen molar-refractivity contribution in [1.29, 1.82) is 0 Å². The lowest BCUT2D eigenvalue weighted by Gasteiger charge is -2.31. The summed E-state index contributed by atoms with van der Waals surface area (Å²) < 4.78 is 29.8. The van der Waals surface area contributed by atoms with E-state index in [1.807, 2.05) is 0 Å². The molecule has 1 N–H and O–H groups in total. The van der Waals surface area contributed by atoms with Crippen molar-refractivity contribution < 1.29 is 17.6 Å². The lowest BCUT2D eigenvalue weighted by molar-refractivity contribution is -0.127. The molecule has 2 rings (SSSR count). The molecular weight excluding hydrogens is 292 g/mol. The van der Waals surface area contributed by atoms with Gasteiger partial charge in [0.15, 0.2) is 0 Å². The van der Waals surface area contributed by atoms with Crippen LogP contribution in [0.3, 0.4) is 0 Å². The summed E-state index contributed by atoms with van der Waals surface area (Å²) in [6, 6.07) is 3.55. The predicted octanol–water partition coefficient (Wildman–Crippen LogP) is 1.08. The molecule has 2 heterocycles. The highest BCUT2D eigenvalue weighted by Gasteiger charge is 2.22. The third kappa shape index (κ3) is 5.35. The van der Waals surface area contributed by atoms with E-state index in [0.717, 1.165) is 19.1 Å². The molecule has 1 amide bonds. The van der Waals surface area contributed by atoms with Crippen molar-refractivity contribution in [1.82, 2.24) is 9.62 Å². The topological polar surface area (TPSA) is 79.6 Å². The van der Waals surface area contributed by atoms with Crippen LogP contribution < -0.4 is 4.72 Å². The molecule has 1 aromatic heterocycles. The molecular formula is C14H20N2O4S. The second-order valence-electron chi connectivity index (χ2n) is 5.24. The Hall–Kier alpha value is -1.60. The van der Waals surface area contributed by atoms with Gasteiger partial charge in [0.05, 0.1) is 12.5 Å². The van der Waals surface area contributed by atoms with E-state index in [4.69, 9.17) is 4.42 Å². The number of furan rings is 1. The van der Waals surface area contributed by atoms with Gasteiger partial charge >= 0.3 is 0 Å². The number of nitrogens with zero attached hydrogens (tertiary/aromatic N) is 1. The van der Waals surface area contributed by atoms with Gasteiger partial charge in [0.1, 0.15) is 5.76 Å². The molecule has 0 aromatic carbocycles. The summed E-state index contributed by atoms with van der Waals surface area (Å²) in [4.78, 5) is 13.8. The van der Waals surface area contributed by atoms with Gasteiger partial charge in [-0.2, -0.15) is 0 Å². The minimum absolute atomic E-state index is 0.0408. The molecule has 116 valence electrons. The third-order valence-corrected chi connectivity index (χ3v) is 4.18. The molecule has 0 radical (unpaired) electrons. The Labute approximate surface area is 124 Å². The van der Waals surface area contributed by atoms with Gasteiger partial charge in [-0.15, -0.1) is 0 Å². The normalized spacial score (nSPS) is 17.5. The average molecular weight is 312 g/mol. The van der Waals surface area contributed by atoms with Crippen LogP contribution in [0, 0.1) is 5.92 Å². The Morgan fingerprint density at radius 3 is 2.76 bits per heavy atom. The van der Waals surface area contributed by atoms with Crippen molar-refractivity contribution in [3.05, 3.63) is 30.2 Å². The lowest BCUT2D eigenvalue weighted by Crippen LogP contribution is -2.40. The third-order valence-electron chi connectivity index (χ3n) is 3.49. The maximum atomic E-state index is 12.0. The molecule has 0 spiro atoms. The van der Waals surface area contributed by atoms with Crippen LogP contribution in [0.4, 0.5) is 0 Å². The number of carbonyl (C=O) groups excluding carboxylic acids is 1. The number of sulfonamides is 1. The number of nitrogens with one attached hydrogen (secondary N) is 1. The molecule has 0 bridgehead atoms. The van der Waals surface area contributed by atoms with Crippen LogP contribution in [0.2, 0.25) is 0 Å². The first-order valence-electron chi connectivity index (χ1n) is 6.89. The van der Waals surface area contributed by atoms with Crippen LogP contribution in [0.1, 0.15) is 18.6 Å². The van der Waals surface area contributed by atoms with Gasteiger partial charge in [-0.05, 0) is 37.0 Å². The van der Waals surface area contributed by atoms with E-state index in [0.29, 0.717) is 25.4 Å². The molecule has 0 atom stereocenters. The highest BCUT2D eigenvalue weighted by Crippen LogP contribution is 2.17. The van der Waals surface area contributed by atoms with E-state index in [1.165, 1.54) is 6.08 Å². The average Bonchev–Trinajstić information content (AvgIpc) is 2.95. The van der Waals surface area contributed by atoms with Gasteiger partial charge < -0.3 is 9.32 Å². The van der Waals surface area contributed by atoms with Gasteiger partial charge in [-0.3, -0.25) is 4.79 Å². The molecule has 0 saturated carbocycles. The first-order chi connectivity index (χ1) is 9.94. The summed E-state index contributed by atoms with van der Waals surface area (Å²) in [5, 5.41) is 0. The van der Waals surface area contributed by atoms with E-state index in [9.17, 15) is 13.2 Å². The highest BCUT2D eigenvalue weighted by molar-refractivity contribution is 7.88. The van der Waals surface area contributed by atoms with Crippen LogP contribution in [0.25, 0.3) is 6.08 Å². The van der Waals surface area contributed by atoms with Crippen LogP contribution in [-0.4, -0.2) is 45.1 Å². The zero-order chi connectivity index (χ0) is 15.3. The highest BCUT2D eigenvalue weighted by atomic mass is 32.2. The van der Waals surface area contributed by atoms with Gasteiger partial charge in [-0.1, -0.05) is 0 Å². The fourth-order valence-corrected chi connectivity index (χ4v) is 2.81. The van der Waals surface area contributed by atoms with Crippen LogP contribution in [-0.2, 0) is 14.8 Å². The van der Waals surface area contributed by atoms with Crippen LogP contribution in [0.5, 0.6) is 0 Å². The SMILES string of the molecule is CS(=O)(=O)NCC1CCN(C(=O)C=Cc2ccco2)CC1. The van der Waals surface area contributed by atoms with Crippen molar-refractivity contribution in [3.8, 4) is 0 Å². The van der Waals surface area contributed by atoms with Gasteiger partial charge in [0, 0.05) is 25.7 Å². The Morgan fingerprint density at radius 1 is 1.48 bits per heavy atom. The summed E-state index contributed by atoms with van der Waals surface area (Å²) in [5.74, 6) is 0.898. The summed E-state index contributed by atoms with van der Waals surface area (Å²) >= 11 is 0. The Morgan fingerprint density at radius 2 is 2.19 bits per heavy atom. The molecule has 1 saturated heterocycles. The quantitative estimate of drug-likeness (QED) is 0.825. The number of piperidine rings is 1. The monoisotopic (exact) mass is 312 g/mol. The van der Waals surface area contributed by atoms with Crippen molar-refractivity contribution in [2.75, 3.05) is 25.9 Å². The maximum Gasteiger partial charge on any atom is 0.246 e. The second-order valence-corrected chi connectivity index (χ2v) is 7.07. The first-order valence-corrected chi connectivity index (χ1v) is 8.78. The number of hydrogen-bond donors (Lipinski definition) is 1. The lowest BCUT2D eigenvalue weighted by atomic mass is 9.97. The minimum Gasteiger partial charge on any atom is -0.465 e. The number of hydrogen-bond acceptors (Lipinski definition) is 4. The molecule has 0 unspecified atom stereocenters. The maximum absolute atomic E-state index is 12.0. The fourth-order valence-electron chi connectivity index (χ4n) is 2.27. The Kier molecular flexibility index (Phi) is 5.19. The standard InChI is InChI=1S/C14H20N2O4S/c1-21(18,19)15-11-12-6-8-16(9-7-12)14(17)5-4-13-3-2-10-20-13/h2-5,10,12,15H,6-9,11H2,1H3. The van der Waals surface area contributed by atoms with Gasteiger partial charge in [0.25, 0.3) is 0 Å². The largest absolute Gasteiger partial charge is 0.465 e. The molecule has 7 heteroatoms. The number of likely N-dealkylation sites (tertiary alicyclic amines) is 1. The molecule has 6 nitrogen and oxygen atoms in total. The first kappa shape index (κ1) is 15.8. The molecule has 1 fully saturated rings. The molecule has 1 aliphatic rings. The van der Waals surface area contributed by atoms with Crippen molar-refractivity contribution >= 4 is 22.0 Å². The van der Waals surface area contributed by atoms with E-state index in [1.54, 1.807) is 29.4 Å². The number of carbonyl (C=O) groups is 1. The van der Waals surface area contributed by atoms with Crippen molar-refractivity contribution in [2.24, 2.45) is 5.92 Å². The van der Waals surface area contributed by atoms with E-state index in [2.05, 4.69) is 4.72 Å². The minimum atomic E-state index is -3.14. The second kappa shape index (κ2) is 6.91. The Bertz CT molecular complexity index is 585. The zero-order valence-electron chi connectivity index (χ0n) is 12.0. The zero-order valence-corrected chi connectivity index (χ0v) is 12.8. The fraction of sp³-hybridized carbons (Fsp3) is 0.500. The van der Waals surface area contributed by atoms with Crippen molar-refractivity contribution in [3.63, 3.8) is 0 Å². The summed E-state index contributed by atoms with van der Waals surface area (Å²) in [5.41, 5.74) is 0. The van der Waals surface area contributed by atoms with E-state index in [-0.39, 0.29) is 11.8 Å². The van der Waals surface area contributed by atoms with Gasteiger partial charge in [0.2, 0.25) is 15.9 Å². The summed E-state index contributed by atoms with van der Waals surface area (Å²) in [6.45, 7) is 1.75. The summed E-state index contributed by atoms with van der Waals surface area (Å²) in [6.07, 6.45) is 7.49.